The molecule has 3 aliphatic carbocycles. The van der Waals surface area contributed by atoms with Gasteiger partial charge in [-0.05, 0) is 67.2 Å². The molecular weight excluding hydrogens is 315 g/mol. The van der Waals surface area contributed by atoms with Crippen LogP contribution in [0.25, 0.3) is 0 Å². The molecule has 2 bridgehead atoms. The van der Waals surface area contributed by atoms with Gasteiger partial charge in [0.25, 0.3) is 0 Å². The van der Waals surface area contributed by atoms with Crippen molar-refractivity contribution in [3.05, 3.63) is 52.6 Å². The summed E-state index contributed by atoms with van der Waals surface area (Å²) in [5.74, 6) is 0.742. The van der Waals surface area contributed by atoms with Crippen molar-refractivity contribution < 1.29 is 9.18 Å². The predicted molar refractivity (Wildman–Crippen MR) is 97.2 cm³/mol. The summed E-state index contributed by atoms with van der Waals surface area (Å²) in [6.07, 6.45) is 6.75. The molecule has 1 N–H and O–H groups in total. The lowest BCUT2D eigenvalue weighted by Crippen LogP contribution is -2.26. The number of halogens is 1. The van der Waals surface area contributed by atoms with Crippen LogP contribution < -0.4 is 5.32 Å². The second kappa shape index (κ2) is 6.25. The highest BCUT2D eigenvalue weighted by atomic mass is 19.1. The fourth-order valence-electron chi connectivity index (χ4n) is 4.44. The van der Waals surface area contributed by atoms with E-state index in [1.54, 1.807) is 25.3 Å². The Hall–Kier alpha value is -2.23. The zero-order valence-corrected chi connectivity index (χ0v) is 14.7. The molecule has 0 spiro atoms. The van der Waals surface area contributed by atoms with E-state index in [2.05, 4.69) is 10.3 Å². The Morgan fingerprint density at radius 1 is 1.16 bits per heavy atom. The molecule has 3 nitrogen and oxygen atoms in total. The highest BCUT2D eigenvalue weighted by Gasteiger charge is 2.38. The van der Waals surface area contributed by atoms with Crippen LogP contribution >= 0.6 is 0 Å². The highest BCUT2D eigenvalue weighted by Crippen LogP contribution is 2.53. The van der Waals surface area contributed by atoms with E-state index >= 15 is 0 Å². The van der Waals surface area contributed by atoms with Gasteiger partial charge in [0.2, 0.25) is 0 Å². The predicted octanol–water partition coefficient (Wildman–Crippen LogP) is 5.62. The maximum Gasteiger partial charge on any atom is 0.181 e. The van der Waals surface area contributed by atoms with Gasteiger partial charge in [-0.3, -0.25) is 9.78 Å². The molecule has 0 radical (unpaired) electrons. The van der Waals surface area contributed by atoms with Gasteiger partial charge in [0.05, 0.1) is 17.6 Å². The summed E-state index contributed by atoms with van der Waals surface area (Å²) in [6, 6.07) is 5.36. The number of rotatable bonds is 4. The van der Waals surface area contributed by atoms with E-state index in [1.165, 1.54) is 5.56 Å². The number of hydrogen-bond donors (Lipinski definition) is 1. The van der Waals surface area contributed by atoms with Crippen LogP contribution in [0.2, 0.25) is 0 Å². The van der Waals surface area contributed by atoms with Crippen LogP contribution in [-0.2, 0) is 0 Å². The van der Waals surface area contributed by atoms with Gasteiger partial charge in [0, 0.05) is 6.42 Å². The van der Waals surface area contributed by atoms with Gasteiger partial charge in [-0.15, -0.1) is 0 Å². The molecule has 1 heterocycles. The molecule has 1 fully saturated rings. The number of nitrogens with zero attached hydrogens (tertiary/aromatic N) is 1. The van der Waals surface area contributed by atoms with E-state index in [-0.39, 0.29) is 11.6 Å². The van der Waals surface area contributed by atoms with Crippen molar-refractivity contribution in [2.75, 3.05) is 5.32 Å². The molecule has 1 aromatic carbocycles. The number of ketones is 1. The summed E-state index contributed by atoms with van der Waals surface area (Å²) in [7, 11) is 0. The summed E-state index contributed by atoms with van der Waals surface area (Å²) in [5, 5.41) is 3.26. The molecule has 3 aliphatic rings. The Morgan fingerprint density at radius 2 is 1.84 bits per heavy atom. The molecular formula is C21H23FN2O. The summed E-state index contributed by atoms with van der Waals surface area (Å²) in [6.45, 7) is 3.64. The SMILES string of the molecule is CCC(=O)c1ncc(Nc2cccc(C)c2F)c2c1C1CCC2CC1. The molecule has 2 aromatic rings. The lowest BCUT2D eigenvalue weighted by Gasteiger charge is -2.40. The Balaban J connectivity index is 1.83. The van der Waals surface area contributed by atoms with Crippen molar-refractivity contribution in [1.82, 2.24) is 4.98 Å². The molecule has 0 unspecified atom stereocenters. The van der Waals surface area contributed by atoms with Crippen molar-refractivity contribution in [2.24, 2.45) is 0 Å². The van der Waals surface area contributed by atoms with Crippen LogP contribution in [0.3, 0.4) is 0 Å². The monoisotopic (exact) mass is 338 g/mol. The number of benzene rings is 1. The second-order valence-electron chi connectivity index (χ2n) is 7.23. The number of carbonyl (C=O) groups is 1. The third kappa shape index (κ3) is 2.64. The third-order valence-corrected chi connectivity index (χ3v) is 5.75. The Labute approximate surface area is 147 Å². The average molecular weight is 338 g/mol. The molecule has 0 aliphatic heterocycles. The van der Waals surface area contributed by atoms with Crippen LogP contribution in [0.15, 0.2) is 24.4 Å². The van der Waals surface area contributed by atoms with Gasteiger partial charge in [0.1, 0.15) is 11.5 Å². The summed E-state index contributed by atoms with van der Waals surface area (Å²) < 4.78 is 14.4. The zero-order valence-electron chi connectivity index (χ0n) is 14.7. The molecule has 0 amide bonds. The summed E-state index contributed by atoms with van der Waals surface area (Å²) in [4.78, 5) is 16.9. The van der Waals surface area contributed by atoms with Crippen LogP contribution in [0.1, 0.15) is 78.0 Å². The van der Waals surface area contributed by atoms with Crippen molar-refractivity contribution in [2.45, 2.75) is 57.8 Å². The van der Waals surface area contributed by atoms with Crippen molar-refractivity contribution in [3.63, 3.8) is 0 Å². The highest BCUT2D eigenvalue weighted by molar-refractivity contribution is 5.96. The van der Waals surface area contributed by atoms with Crippen LogP contribution in [0.4, 0.5) is 15.8 Å². The molecule has 130 valence electrons. The molecule has 1 aromatic heterocycles. The second-order valence-corrected chi connectivity index (χ2v) is 7.23. The Kier molecular flexibility index (Phi) is 4.06. The lowest BCUT2D eigenvalue weighted by molar-refractivity contribution is 0.0980. The topological polar surface area (TPSA) is 42.0 Å². The zero-order chi connectivity index (χ0) is 17.6. The number of aromatic nitrogens is 1. The largest absolute Gasteiger partial charge is 0.352 e. The number of anilines is 2. The first kappa shape index (κ1) is 16.2. The van der Waals surface area contributed by atoms with Gasteiger partial charge >= 0.3 is 0 Å². The van der Waals surface area contributed by atoms with Crippen molar-refractivity contribution in [1.29, 1.82) is 0 Å². The molecule has 0 saturated heterocycles. The first-order valence-electron chi connectivity index (χ1n) is 9.18. The minimum Gasteiger partial charge on any atom is -0.352 e. The van der Waals surface area contributed by atoms with E-state index in [9.17, 15) is 9.18 Å². The Bertz CT molecular complexity index is 838. The number of hydrogen-bond acceptors (Lipinski definition) is 3. The Morgan fingerprint density at radius 3 is 2.52 bits per heavy atom. The van der Waals surface area contributed by atoms with E-state index in [0.29, 0.717) is 35.2 Å². The maximum absolute atomic E-state index is 14.4. The standard InChI is InChI=1S/C21H23FN2O/c1-3-17(25)21-19-14-9-7-13(8-10-14)18(19)16(11-23-21)24-15-6-4-5-12(2)20(15)22/h4-6,11,13-14,24H,3,7-10H2,1-2H3. The molecule has 1 saturated carbocycles. The average Bonchev–Trinajstić information content (AvgIpc) is 2.66. The first-order valence-corrected chi connectivity index (χ1v) is 9.18. The molecule has 4 heteroatoms. The van der Waals surface area contributed by atoms with Gasteiger partial charge in [0.15, 0.2) is 5.78 Å². The van der Waals surface area contributed by atoms with Gasteiger partial charge in [-0.2, -0.15) is 0 Å². The normalized spacial score (nSPS) is 21.1. The third-order valence-electron chi connectivity index (χ3n) is 5.75. The fraction of sp³-hybridized carbons (Fsp3) is 0.429. The van der Waals surface area contributed by atoms with E-state index in [4.69, 9.17) is 0 Å². The number of aryl methyl sites for hydroxylation is 1. The summed E-state index contributed by atoms with van der Waals surface area (Å²) >= 11 is 0. The number of carbonyl (C=O) groups excluding carboxylic acids is 1. The van der Waals surface area contributed by atoms with Crippen molar-refractivity contribution in [3.8, 4) is 0 Å². The molecule has 0 atom stereocenters. The lowest BCUT2D eigenvalue weighted by atomic mass is 9.66. The smallest absolute Gasteiger partial charge is 0.181 e. The summed E-state index contributed by atoms with van der Waals surface area (Å²) in [5.41, 5.74) is 4.93. The first-order chi connectivity index (χ1) is 12.1. The molecule has 5 rings (SSSR count). The number of fused-ring (bicyclic) bond motifs is 2. The van der Waals surface area contributed by atoms with Gasteiger partial charge in [-0.25, -0.2) is 4.39 Å². The maximum atomic E-state index is 14.4. The minimum atomic E-state index is -0.231. The minimum absolute atomic E-state index is 0.108. The van der Waals surface area contributed by atoms with Gasteiger partial charge < -0.3 is 5.32 Å². The van der Waals surface area contributed by atoms with Crippen LogP contribution in [-0.4, -0.2) is 10.8 Å². The number of pyridine rings is 1. The van der Waals surface area contributed by atoms with Crippen LogP contribution in [0, 0.1) is 12.7 Å². The quantitative estimate of drug-likeness (QED) is 0.736. The number of nitrogens with one attached hydrogen (secondary N) is 1. The van der Waals surface area contributed by atoms with E-state index in [1.807, 2.05) is 13.0 Å². The van der Waals surface area contributed by atoms with E-state index in [0.717, 1.165) is 36.9 Å². The number of Topliss-reactive ketones (excluding diaryl/α,β-unsaturated/α-hetero) is 1. The van der Waals surface area contributed by atoms with Gasteiger partial charge in [-0.1, -0.05) is 19.1 Å². The fourth-order valence-corrected chi connectivity index (χ4v) is 4.44. The molecule has 25 heavy (non-hydrogen) atoms. The van der Waals surface area contributed by atoms with Crippen LogP contribution in [0.5, 0.6) is 0 Å². The van der Waals surface area contributed by atoms with Crippen molar-refractivity contribution >= 4 is 17.2 Å². The van der Waals surface area contributed by atoms with E-state index < -0.39 is 0 Å².